The van der Waals surface area contributed by atoms with Gasteiger partial charge < -0.3 is 14.8 Å². The van der Waals surface area contributed by atoms with Crippen LogP contribution in [0.15, 0.2) is 42.5 Å². The van der Waals surface area contributed by atoms with E-state index in [1.807, 2.05) is 0 Å². The van der Waals surface area contributed by atoms with Crippen LogP contribution in [-0.2, 0) is 14.3 Å². The molecule has 0 aromatic heterocycles. The van der Waals surface area contributed by atoms with Gasteiger partial charge in [-0.25, -0.2) is 13.6 Å². The summed E-state index contributed by atoms with van der Waals surface area (Å²) < 4.78 is 35.4. The van der Waals surface area contributed by atoms with Crippen LogP contribution in [0.25, 0.3) is 0 Å². The zero-order valence-electron chi connectivity index (χ0n) is 13.1. The van der Waals surface area contributed by atoms with Crippen molar-refractivity contribution < 1.29 is 32.8 Å². The second-order valence-corrected chi connectivity index (χ2v) is 4.85. The zero-order chi connectivity index (χ0) is 19.1. The van der Waals surface area contributed by atoms with E-state index in [1.54, 1.807) is 0 Å². The van der Waals surface area contributed by atoms with E-state index in [-0.39, 0.29) is 17.1 Å². The highest BCUT2D eigenvalue weighted by Gasteiger charge is 2.16. The van der Waals surface area contributed by atoms with Crippen molar-refractivity contribution >= 4 is 23.3 Å². The summed E-state index contributed by atoms with van der Waals surface area (Å²) in [4.78, 5) is 33.3. The molecule has 0 fully saturated rings. The number of rotatable bonds is 7. The molecule has 0 saturated heterocycles. The standard InChI is InChI=1S/C16H12F2N2O6/c17-11-6-5-10(7-12(11)18)19-15(21)8-26-16(22)9-25-14-4-2-1-3-13(14)20(23)24/h1-7H,8-9H2,(H,19,21). The molecular formula is C16H12F2N2O6. The Morgan fingerprint density at radius 1 is 1.08 bits per heavy atom. The Labute approximate surface area is 145 Å². The molecule has 0 heterocycles. The molecule has 0 aliphatic rings. The summed E-state index contributed by atoms with van der Waals surface area (Å²) in [5, 5.41) is 13.0. The maximum Gasteiger partial charge on any atom is 0.344 e. The van der Waals surface area contributed by atoms with Gasteiger partial charge in [-0.3, -0.25) is 14.9 Å². The lowest BCUT2D eigenvalue weighted by atomic mass is 10.3. The van der Waals surface area contributed by atoms with Crippen molar-refractivity contribution in [1.82, 2.24) is 0 Å². The van der Waals surface area contributed by atoms with Crippen molar-refractivity contribution in [3.63, 3.8) is 0 Å². The maximum absolute atomic E-state index is 13.0. The highest BCUT2D eigenvalue weighted by molar-refractivity contribution is 5.92. The fourth-order valence-corrected chi connectivity index (χ4v) is 1.83. The molecule has 2 aromatic rings. The number of benzene rings is 2. The third-order valence-electron chi connectivity index (χ3n) is 2.98. The predicted molar refractivity (Wildman–Crippen MR) is 84.5 cm³/mol. The monoisotopic (exact) mass is 366 g/mol. The minimum Gasteiger partial charge on any atom is -0.475 e. The minimum absolute atomic E-state index is 0.0129. The Hall–Kier alpha value is -3.56. The molecule has 8 nitrogen and oxygen atoms in total. The van der Waals surface area contributed by atoms with Gasteiger partial charge in [-0.15, -0.1) is 0 Å². The SMILES string of the molecule is O=C(COC(=O)COc1ccccc1[N+](=O)[O-])Nc1ccc(F)c(F)c1. The molecule has 136 valence electrons. The number of carbonyl (C=O) groups is 2. The fraction of sp³-hybridized carbons (Fsp3) is 0.125. The maximum atomic E-state index is 13.0. The lowest BCUT2D eigenvalue weighted by Gasteiger charge is -2.08. The van der Waals surface area contributed by atoms with E-state index in [1.165, 1.54) is 24.3 Å². The molecular weight excluding hydrogens is 354 g/mol. The van der Waals surface area contributed by atoms with E-state index >= 15 is 0 Å². The van der Waals surface area contributed by atoms with Gasteiger partial charge >= 0.3 is 11.7 Å². The van der Waals surface area contributed by atoms with Crippen molar-refractivity contribution in [2.75, 3.05) is 18.5 Å². The quantitative estimate of drug-likeness (QED) is 0.458. The molecule has 0 saturated carbocycles. The van der Waals surface area contributed by atoms with Crippen molar-refractivity contribution in [2.45, 2.75) is 0 Å². The highest BCUT2D eigenvalue weighted by Crippen LogP contribution is 2.25. The van der Waals surface area contributed by atoms with Gasteiger partial charge in [-0.2, -0.15) is 0 Å². The molecule has 0 aliphatic heterocycles. The number of hydrogen-bond acceptors (Lipinski definition) is 6. The third kappa shape index (κ3) is 5.23. The van der Waals surface area contributed by atoms with Gasteiger partial charge in [0.25, 0.3) is 5.91 Å². The number of nitro benzene ring substituents is 1. The van der Waals surface area contributed by atoms with Crippen molar-refractivity contribution in [2.24, 2.45) is 0 Å². The van der Waals surface area contributed by atoms with E-state index in [2.05, 4.69) is 10.1 Å². The second-order valence-electron chi connectivity index (χ2n) is 4.85. The minimum atomic E-state index is -1.14. The van der Waals surface area contributed by atoms with Gasteiger partial charge in [0.15, 0.2) is 30.6 Å². The van der Waals surface area contributed by atoms with Crippen LogP contribution >= 0.6 is 0 Å². The van der Waals surface area contributed by atoms with E-state index in [9.17, 15) is 28.5 Å². The lowest BCUT2D eigenvalue weighted by molar-refractivity contribution is -0.385. The molecule has 26 heavy (non-hydrogen) atoms. The number of nitrogens with zero attached hydrogens (tertiary/aromatic N) is 1. The van der Waals surface area contributed by atoms with Crippen LogP contribution in [-0.4, -0.2) is 30.0 Å². The average molecular weight is 366 g/mol. The Morgan fingerprint density at radius 2 is 1.81 bits per heavy atom. The molecule has 0 aliphatic carbocycles. The van der Waals surface area contributed by atoms with Crippen LogP contribution in [0, 0.1) is 21.7 Å². The van der Waals surface area contributed by atoms with Gasteiger partial charge in [-0.05, 0) is 18.2 Å². The number of amides is 1. The van der Waals surface area contributed by atoms with Crippen LogP contribution < -0.4 is 10.1 Å². The average Bonchev–Trinajstić information content (AvgIpc) is 2.61. The first kappa shape index (κ1) is 18.8. The molecule has 0 radical (unpaired) electrons. The number of nitro groups is 1. The van der Waals surface area contributed by atoms with Gasteiger partial charge in [0.2, 0.25) is 0 Å². The van der Waals surface area contributed by atoms with E-state index in [0.717, 1.165) is 18.2 Å². The molecule has 2 rings (SSSR count). The number of halogens is 2. The predicted octanol–water partition coefficient (Wildman–Crippen LogP) is 2.43. The molecule has 0 bridgehead atoms. The number of anilines is 1. The largest absolute Gasteiger partial charge is 0.475 e. The number of nitrogens with one attached hydrogen (secondary N) is 1. The summed E-state index contributed by atoms with van der Waals surface area (Å²) >= 11 is 0. The molecule has 1 amide bonds. The molecule has 1 N–H and O–H groups in total. The zero-order valence-corrected chi connectivity index (χ0v) is 13.1. The van der Waals surface area contributed by atoms with Crippen molar-refractivity contribution in [1.29, 1.82) is 0 Å². The van der Waals surface area contributed by atoms with Gasteiger partial charge in [0.05, 0.1) is 4.92 Å². The second kappa shape index (κ2) is 8.51. The summed E-state index contributed by atoms with van der Waals surface area (Å²) in [6.07, 6.45) is 0. The van der Waals surface area contributed by atoms with Crippen LogP contribution in [0.4, 0.5) is 20.2 Å². The van der Waals surface area contributed by atoms with E-state index in [0.29, 0.717) is 0 Å². The summed E-state index contributed by atoms with van der Waals surface area (Å²) in [6, 6.07) is 8.17. The smallest absolute Gasteiger partial charge is 0.344 e. The number of carbonyl (C=O) groups excluding carboxylic acids is 2. The van der Waals surface area contributed by atoms with E-state index < -0.39 is 41.6 Å². The molecule has 2 aromatic carbocycles. The lowest BCUT2D eigenvalue weighted by Crippen LogP contribution is -2.23. The molecule has 0 atom stereocenters. The summed E-state index contributed by atoms with van der Waals surface area (Å²) in [5.41, 5.74) is -0.336. The van der Waals surface area contributed by atoms with Crippen LogP contribution in [0.2, 0.25) is 0 Å². The Kier molecular flexibility index (Phi) is 6.15. The van der Waals surface area contributed by atoms with Crippen LogP contribution in [0.5, 0.6) is 5.75 Å². The van der Waals surface area contributed by atoms with Crippen molar-refractivity contribution in [3.05, 3.63) is 64.2 Å². The van der Waals surface area contributed by atoms with Gasteiger partial charge in [0, 0.05) is 17.8 Å². The molecule has 0 unspecified atom stereocenters. The summed E-state index contributed by atoms with van der Waals surface area (Å²) in [6.45, 7) is -1.35. The number of ether oxygens (including phenoxy) is 2. The summed E-state index contributed by atoms with van der Waals surface area (Å²) in [5.74, 6) is -4.06. The molecule has 0 spiro atoms. The van der Waals surface area contributed by atoms with Crippen LogP contribution in [0.1, 0.15) is 0 Å². The Morgan fingerprint density at radius 3 is 2.50 bits per heavy atom. The topological polar surface area (TPSA) is 108 Å². The first-order valence-corrected chi connectivity index (χ1v) is 7.13. The fourth-order valence-electron chi connectivity index (χ4n) is 1.83. The number of esters is 1. The number of hydrogen-bond donors (Lipinski definition) is 1. The number of para-hydroxylation sites is 2. The normalized spacial score (nSPS) is 10.1. The Balaban J connectivity index is 1.80. The first-order chi connectivity index (χ1) is 12.4. The summed E-state index contributed by atoms with van der Waals surface area (Å²) in [7, 11) is 0. The highest BCUT2D eigenvalue weighted by atomic mass is 19.2. The molecule has 10 heteroatoms. The Bertz CT molecular complexity index is 843. The van der Waals surface area contributed by atoms with Gasteiger partial charge in [0.1, 0.15) is 0 Å². The van der Waals surface area contributed by atoms with Crippen LogP contribution in [0.3, 0.4) is 0 Å². The first-order valence-electron chi connectivity index (χ1n) is 7.13. The van der Waals surface area contributed by atoms with E-state index in [4.69, 9.17) is 4.74 Å². The third-order valence-corrected chi connectivity index (χ3v) is 2.98. The van der Waals surface area contributed by atoms with Gasteiger partial charge in [-0.1, -0.05) is 12.1 Å². The van der Waals surface area contributed by atoms with Crippen molar-refractivity contribution in [3.8, 4) is 5.75 Å².